The maximum absolute atomic E-state index is 5.70. The number of halogens is 1. The van der Waals surface area contributed by atoms with Gasteiger partial charge >= 0.3 is 0 Å². The van der Waals surface area contributed by atoms with Crippen molar-refractivity contribution < 1.29 is 0 Å². The number of nitrogens with zero attached hydrogens (tertiary/aromatic N) is 1. The Morgan fingerprint density at radius 3 is 2.71 bits per heavy atom. The fourth-order valence-electron chi connectivity index (χ4n) is 1.42. The first-order valence-electron chi connectivity index (χ1n) is 5.14. The smallest absolute Gasteiger partial charge is 0.129 e. The van der Waals surface area contributed by atoms with Crippen LogP contribution in [0.4, 0.5) is 5.69 Å². The largest absolute Gasteiger partial charge is 0.381 e. The van der Waals surface area contributed by atoms with Crippen LogP contribution >= 0.6 is 11.6 Å². The SMILES string of the molecule is CCCC(CC)Nc1ccc(Cl)nc1. The van der Waals surface area contributed by atoms with E-state index >= 15 is 0 Å². The van der Waals surface area contributed by atoms with Crippen molar-refractivity contribution in [2.24, 2.45) is 0 Å². The molecule has 0 bridgehead atoms. The molecule has 3 heteroatoms. The molecule has 1 atom stereocenters. The molecule has 1 aromatic rings. The minimum absolute atomic E-state index is 0.541. The number of anilines is 1. The number of hydrogen-bond donors (Lipinski definition) is 1. The Balaban J connectivity index is 2.53. The van der Waals surface area contributed by atoms with E-state index in [0.717, 1.165) is 12.1 Å². The molecule has 0 aliphatic carbocycles. The third-order valence-corrected chi connectivity index (χ3v) is 2.45. The Kier molecular flexibility index (Phi) is 4.74. The summed E-state index contributed by atoms with van der Waals surface area (Å²) < 4.78 is 0. The fraction of sp³-hybridized carbons (Fsp3) is 0.545. The summed E-state index contributed by atoms with van der Waals surface area (Å²) in [5.74, 6) is 0. The summed E-state index contributed by atoms with van der Waals surface area (Å²) in [5.41, 5.74) is 1.05. The second-order valence-electron chi connectivity index (χ2n) is 3.41. The van der Waals surface area contributed by atoms with E-state index in [2.05, 4.69) is 24.1 Å². The lowest BCUT2D eigenvalue weighted by Gasteiger charge is -2.16. The number of aromatic nitrogens is 1. The standard InChI is InChI=1S/C11H17ClN2/c1-3-5-9(4-2)14-10-6-7-11(12)13-8-10/h6-9,14H,3-5H2,1-2H3. The molecule has 0 saturated heterocycles. The molecule has 1 N–H and O–H groups in total. The van der Waals surface area contributed by atoms with Gasteiger partial charge in [0.1, 0.15) is 5.15 Å². The van der Waals surface area contributed by atoms with E-state index in [1.807, 2.05) is 12.1 Å². The average molecular weight is 213 g/mol. The van der Waals surface area contributed by atoms with Crippen molar-refractivity contribution in [3.8, 4) is 0 Å². The van der Waals surface area contributed by atoms with Gasteiger partial charge in [0.25, 0.3) is 0 Å². The van der Waals surface area contributed by atoms with Crippen LogP contribution < -0.4 is 5.32 Å². The van der Waals surface area contributed by atoms with Gasteiger partial charge in [0.2, 0.25) is 0 Å². The molecule has 0 saturated carbocycles. The molecule has 1 aromatic heterocycles. The normalized spacial score (nSPS) is 12.5. The number of nitrogens with one attached hydrogen (secondary N) is 1. The summed E-state index contributed by atoms with van der Waals surface area (Å²) in [4.78, 5) is 4.03. The first-order chi connectivity index (χ1) is 6.76. The lowest BCUT2D eigenvalue weighted by Crippen LogP contribution is -2.17. The van der Waals surface area contributed by atoms with E-state index in [0.29, 0.717) is 11.2 Å². The third-order valence-electron chi connectivity index (χ3n) is 2.23. The summed E-state index contributed by atoms with van der Waals surface area (Å²) in [6.07, 6.45) is 5.31. The van der Waals surface area contributed by atoms with Gasteiger partial charge in [0.15, 0.2) is 0 Å². The first-order valence-corrected chi connectivity index (χ1v) is 5.52. The fourth-order valence-corrected chi connectivity index (χ4v) is 1.54. The zero-order valence-electron chi connectivity index (χ0n) is 8.76. The van der Waals surface area contributed by atoms with E-state index in [1.165, 1.54) is 12.8 Å². The van der Waals surface area contributed by atoms with Gasteiger partial charge in [-0.15, -0.1) is 0 Å². The quantitative estimate of drug-likeness (QED) is 0.753. The van der Waals surface area contributed by atoms with Crippen LogP contribution in [0.25, 0.3) is 0 Å². The Morgan fingerprint density at radius 1 is 1.43 bits per heavy atom. The van der Waals surface area contributed by atoms with Crippen LogP contribution in [0.3, 0.4) is 0 Å². The van der Waals surface area contributed by atoms with Gasteiger partial charge in [0, 0.05) is 6.04 Å². The van der Waals surface area contributed by atoms with Gasteiger partial charge in [-0.3, -0.25) is 0 Å². The summed E-state index contributed by atoms with van der Waals surface area (Å²) in [7, 11) is 0. The van der Waals surface area contributed by atoms with E-state index < -0.39 is 0 Å². The minimum Gasteiger partial charge on any atom is -0.381 e. The van der Waals surface area contributed by atoms with Crippen LogP contribution in [0.2, 0.25) is 5.15 Å². The molecule has 0 aliphatic rings. The number of rotatable bonds is 5. The van der Waals surface area contributed by atoms with Gasteiger partial charge < -0.3 is 5.32 Å². The molecule has 0 fully saturated rings. The van der Waals surface area contributed by atoms with Crippen LogP contribution in [-0.4, -0.2) is 11.0 Å². The Bertz CT molecular complexity index is 258. The van der Waals surface area contributed by atoms with E-state index in [4.69, 9.17) is 11.6 Å². The van der Waals surface area contributed by atoms with E-state index in [1.54, 1.807) is 6.20 Å². The second kappa shape index (κ2) is 5.86. The highest BCUT2D eigenvalue weighted by Crippen LogP contribution is 2.13. The van der Waals surface area contributed by atoms with Crippen molar-refractivity contribution in [2.75, 3.05) is 5.32 Å². The number of hydrogen-bond acceptors (Lipinski definition) is 2. The van der Waals surface area contributed by atoms with Gasteiger partial charge in [-0.1, -0.05) is 31.9 Å². The Morgan fingerprint density at radius 2 is 2.21 bits per heavy atom. The first kappa shape index (κ1) is 11.3. The van der Waals surface area contributed by atoms with Crippen molar-refractivity contribution in [2.45, 2.75) is 39.2 Å². The lowest BCUT2D eigenvalue weighted by molar-refractivity contribution is 0.622. The predicted molar refractivity (Wildman–Crippen MR) is 61.9 cm³/mol. The predicted octanol–water partition coefficient (Wildman–Crippen LogP) is 3.73. The maximum atomic E-state index is 5.70. The number of pyridine rings is 1. The van der Waals surface area contributed by atoms with Crippen LogP contribution in [0.15, 0.2) is 18.3 Å². The average Bonchev–Trinajstić information content (AvgIpc) is 2.20. The van der Waals surface area contributed by atoms with Crippen LogP contribution in [0, 0.1) is 0 Å². The Hall–Kier alpha value is -0.760. The summed E-state index contributed by atoms with van der Waals surface area (Å²) in [6.45, 7) is 4.39. The molecule has 0 aromatic carbocycles. The molecular weight excluding hydrogens is 196 g/mol. The monoisotopic (exact) mass is 212 g/mol. The molecule has 78 valence electrons. The molecule has 14 heavy (non-hydrogen) atoms. The van der Waals surface area contributed by atoms with Gasteiger partial charge in [-0.05, 0) is 25.0 Å². The molecule has 1 unspecified atom stereocenters. The van der Waals surface area contributed by atoms with E-state index in [-0.39, 0.29) is 0 Å². The third kappa shape index (κ3) is 3.54. The molecule has 0 radical (unpaired) electrons. The lowest BCUT2D eigenvalue weighted by atomic mass is 10.1. The molecule has 1 heterocycles. The van der Waals surface area contributed by atoms with Crippen molar-refractivity contribution in [1.82, 2.24) is 4.98 Å². The maximum Gasteiger partial charge on any atom is 0.129 e. The van der Waals surface area contributed by atoms with Crippen molar-refractivity contribution >= 4 is 17.3 Å². The van der Waals surface area contributed by atoms with Crippen molar-refractivity contribution in [3.63, 3.8) is 0 Å². The van der Waals surface area contributed by atoms with Crippen LogP contribution in [-0.2, 0) is 0 Å². The summed E-state index contributed by atoms with van der Waals surface area (Å²) >= 11 is 5.70. The summed E-state index contributed by atoms with van der Waals surface area (Å²) in [5, 5.41) is 3.98. The highest BCUT2D eigenvalue weighted by Gasteiger charge is 2.04. The van der Waals surface area contributed by atoms with Gasteiger partial charge in [-0.2, -0.15) is 0 Å². The molecule has 1 rings (SSSR count). The van der Waals surface area contributed by atoms with Crippen LogP contribution in [0.1, 0.15) is 33.1 Å². The minimum atomic E-state index is 0.541. The molecular formula is C11H17ClN2. The van der Waals surface area contributed by atoms with Crippen molar-refractivity contribution in [1.29, 1.82) is 0 Å². The molecule has 0 spiro atoms. The summed E-state index contributed by atoms with van der Waals surface area (Å²) in [6, 6.07) is 4.32. The second-order valence-corrected chi connectivity index (χ2v) is 3.80. The Labute approximate surface area is 90.7 Å². The topological polar surface area (TPSA) is 24.9 Å². The van der Waals surface area contributed by atoms with Crippen LogP contribution in [0.5, 0.6) is 0 Å². The van der Waals surface area contributed by atoms with E-state index in [9.17, 15) is 0 Å². The molecule has 0 amide bonds. The molecule has 0 aliphatic heterocycles. The van der Waals surface area contributed by atoms with Gasteiger partial charge in [-0.25, -0.2) is 4.98 Å². The highest BCUT2D eigenvalue weighted by atomic mass is 35.5. The van der Waals surface area contributed by atoms with Gasteiger partial charge in [0.05, 0.1) is 11.9 Å². The zero-order chi connectivity index (χ0) is 10.4. The highest BCUT2D eigenvalue weighted by molar-refractivity contribution is 6.29. The molecule has 2 nitrogen and oxygen atoms in total. The zero-order valence-corrected chi connectivity index (χ0v) is 9.51. The van der Waals surface area contributed by atoms with Crippen molar-refractivity contribution in [3.05, 3.63) is 23.5 Å².